The summed E-state index contributed by atoms with van der Waals surface area (Å²) in [6.45, 7) is 8.06. The molecule has 0 spiro atoms. The predicted octanol–water partition coefficient (Wildman–Crippen LogP) is 1.42. The Hall–Kier alpha value is -0.870. The number of aromatic nitrogens is 2. The molecule has 2 aliphatic rings. The number of piperazine rings is 1. The summed E-state index contributed by atoms with van der Waals surface area (Å²) in [6.07, 6.45) is 7.84. The van der Waals surface area contributed by atoms with Crippen LogP contribution in [0.3, 0.4) is 0 Å². The molecule has 4 heteroatoms. The minimum atomic E-state index is 0.243. The van der Waals surface area contributed by atoms with Crippen molar-refractivity contribution in [3.05, 3.63) is 18.2 Å². The Morgan fingerprint density at radius 2 is 2.21 bits per heavy atom. The second-order valence-corrected chi connectivity index (χ2v) is 6.84. The standard InChI is InChI=1S/C15H26N4/c1-15(2)11-19(13(10-17-15)12-4-5-12)8-6-14-16-7-9-18(14)3/h7,9,12-13,17H,4-6,8,10-11H2,1-3H3. The molecule has 0 amide bonds. The quantitative estimate of drug-likeness (QED) is 0.891. The Morgan fingerprint density at radius 1 is 1.42 bits per heavy atom. The molecule has 1 aromatic heterocycles. The van der Waals surface area contributed by atoms with E-state index in [-0.39, 0.29) is 5.54 Å². The van der Waals surface area contributed by atoms with Gasteiger partial charge in [-0.25, -0.2) is 4.98 Å². The molecule has 2 heterocycles. The number of imidazole rings is 1. The Labute approximate surface area is 116 Å². The molecule has 0 aromatic carbocycles. The first-order chi connectivity index (χ1) is 9.05. The summed E-state index contributed by atoms with van der Waals surface area (Å²) in [7, 11) is 2.09. The van der Waals surface area contributed by atoms with Crippen molar-refractivity contribution in [2.24, 2.45) is 13.0 Å². The van der Waals surface area contributed by atoms with Gasteiger partial charge in [0, 0.05) is 57.1 Å². The zero-order valence-electron chi connectivity index (χ0n) is 12.4. The van der Waals surface area contributed by atoms with Gasteiger partial charge in [0.15, 0.2) is 0 Å². The Morgan fingerprint density at radius 3 is 2.84 bits per heavy atom. The summed E-state index contributed by atoms with van der Waals surface area (Å²) in [5.74, 6) is 2.14. The van der Waals surface area contributed by atoms with Crippen LogP contribution in [-0.4, -0.2) is 45.7 Å². The van der Waals surface area contributed by atoms with E-state index in [9.17, 15) is 0 Å². The lowest BCUT2D eigenvalue weighted by molar-refractivity contribution is 0.0833. The van der Waals surface area contributed by atoms with Crippen LogP contribution < -0.4 is 5.32 Å². The number of aryl methyl sites for hydroxylation is 1. The van der Waals surface area contributed by atoms with Gasteiger partial charge in [0.05, 0.1) is 0 Å². The minimum Gasteiger partial charge on any atom is -0.338 e. The number of hydrogen-bond donors (Lipinski definition) is 1. The first-order valence-electron chi connectivity index (χ1n) is 7.50. The lowest BCUT2D eigenvalue weighted by atomic mass is 9.96. The molecule has 4 nitrogen and oxygen atoms in total. The van der Waals surface area contributed by atoms with Crippen molar-refractivity contribution in [3.63, 3.8) is 0 Å². The molecule has 1 unspecified atom stereocenters. The van der Waals surface area contributed by atoms with Crippen LogP contribution in [0.2, 0.25) is 0 Å². The molecular weight excluding hydrogens is 236 g/mol. The fraction of sp³-hybridized carbons (Fsp3) is 0.800. The van der Waals surface area contributed by atoms with Crippen molar-refractivity contribution in [2.45, 2.75) is 44.7 Å². The van der Waals surface area contributed by atoms with Crippen LogP contribution in [0.25, 0.3) is 0 Å². The highest BCUT2D eigenvalue weighted by atomic mass is 15.3. The zero-order valence-corrected chi connectivity index (χ0v) is 12.4. The molecule has 1 N–H and O–H groups in total. The van der Waals surface area contributed by atoms with Gasteiger partial charge in [-0.05, 0) is 32.6 Å². The van der Waals surface area contributed by atoms with E-state index >= 15 is 0 Å². The fourth-order valence-corrected chi connectivity index (χ4v) is 3.26. The van der Waals surface area contributed by atoms with Crippen molar-refractivity contribution in [1.29, 1.82) is 0 Å². The second kappa shape index (κ2) is 4.91. The maximum absolute atomic E-state index is 4.44. The lowest BCUT2D eigenvalue weighted by Crippen LogP contribution is -2.62. The molecule has 1 aliphatic carbocycles. The first kappa shape index (κ1) is 13.1. The minimum absolute atomic E-state index is 0.243. The average molecular weight is 262 g/mol. The van der Waals surface area contributed by atoms with Gasteiger partial charge in [-0.15, -0.1) is 0 Å². The third-order valence-corrected chi connectivity index (χ3v) is 4.57. The molecule has 1 aliphatic heterocycles. The van der Waals surface area contributed by atoms with E-state index in [1.54, 1.807) is 0 Å². The Bertz CT molecular complexity index is 433. The summed E-state index contributed by atoms with van der Waals surface area (Å²) < 4.78 is 2.14. The van der Waals surface area contributed by atoms with E-state index in [2.05, 4.69) is 40.7 Å². The molecular formula is C15H26N4. The molecule has 0 bridgehead atoms. The van der Waals surface area contributed by atoms with Gasteiger partial charge in [0.2, 0.25) is 0 Å². The van der Waals surface area contributed by atoms with Gasteiger partial charge >= 0.3 is 0 Å². The second-order valence-electron chi connectivity index (χ2n) is 6.84. The largest absolute Gasteiger partial charge is 0.338 e. The fourth-order valence-electron chi connectivity index (χ4n) is 3.26. The molecule has 0 radical (unpaired) electrons. The van der Waals surface area contributed by atoms with E-state index in [0.717, 1.165) is 38.0 Å². The maximum Gasteiger partial charge on any atom is 0.109 e. The molecule has 2 fully saturated rings. The van der Waals surface area contributed by atoms with Crippen LogP contribution in [0, 0.1) is 5.92 Å². The summed E-state index contributed by atoms with van der Waals surface area (Å²) in [4.78, 5) is 7.14. The van der Waals surface area contributed by atoms with Crippen molar-refractivity contribution in [3.8, 4) is 0 Å². The monoisotopic (exact) mass is 262 g/mol. The summed E-state index contributed by atoms with van der Waals surface area (Å²) in [5, 5.41) is 3.70. The number of rotatable bonds is 4. The number of hydrogen-bond acceptors (Lipinski definition) is 3. The van der Waals surface area contributed by atoms with Gasteiger partial charge in [-0.3, -0.25) is 4.90 Å². The summed E-state index contributed by atoms with van der Waals surface area (Å²) in [5.41, 5.74) is 0.243. The Balaban J connectivity index is 1.63. The third-order valence-electron chi connectivity index (χ3n) is 4.57. The van der Waals surface area contributed by atoms with Crippen LogP contribution in [0.1, 0.15) is 32.5 Å². The van der Waals surface area contributed by atoms with E-state index in [0.29, 0.717) is 0 Å². The van der Waals surface area contributed by atoms with E-state index in [1.165, 1.54) is 18.7 Å². The smallest absolute Gasteiger partial charge is 0.109 e. The normalized spacial score (nSPS) is 27.6. The summed E-state index contributed by atoms with van der Waals surface area (Å²) >= 11 is 0. The Kier molecular flexibility index (Phi) is 3.39. The van der Waals surface area contributed by atoms with Gasteiger partial charge in [-0.2, -0.15) is 0 Å². The molecule has 19 heavy (non-hydrogen) atoms. The van der Waals surface area contributed by atoms with Crippen LogP contribution in [-0.2, 0) is 13.5 Å². The highest BCUT2D eigenvalue weighted by Crippen LogP contribution is 2.37. The van der Waals surface area contributed by atoms with Crippen molar-refractivity contribution in [2.75, 3.05) is 19.6 Å². The van der Waals surface area contributed by atoms with Crippen molar-refractivity contribution < 1.29 is 0 Å². The van der Waals surface area contributed by atoms with Crippen LogP contribution in [0.4, 0.5) is 0 Å². The van der Waals surface area contributed by atoms with E-state index in [1.807, 2.05) is 12.4 Å². The van der Waals surface area contributed by atoms with Crippen LogP contribution in [0.15, 0.2) is 12.4 Å². The first-order valence-corrected chi connectivity index (χ1v) is 7.50. The SMILES string of the molecule is Cn1ccnc1CCN1CC(C)(C)NCC1C1CC1. The topological polar surface area (TPSA) is 33.1 Å². The van der Waals surface area contributed by atoms with Crippen molar-refractivity contribution >= 4 is 0 Å². The molecule has 1 saturated carbocycles. The predicted molar refractivity (Wildman–Crippen MR) is 77.1 cm³/mol. The van der Waals surface area contributed by atoms with Gasteiger partial charge in [-0.1, -0.05) is 0 Å². The number of nitrogens with one attached hydrogen (secondary N) is 1. The molecule has 3 rings (SSSR count). The van der Waals surface area contributed by atoms with Gasteiger partial charge in [0.25, 0.3) is 0 Å². The third kappa shape index (κ3) is 3.00. The zero-order chi connectivity index (χ0) is 13.5. The van der Waals surface area contributed by atoms with Crippen molar-refractivity contribution in [1.82, 2.24) is 19.8 Å². The van der Waals surface area contributed by atoms with Crippen LogP contribution >= 0.6 is 0 Å². The number of nitrogens with zero attached hydrogens (tertiary/aromatic N) is 3. The maximum atomic E-state index is 4.44. The molecule has 1 saturated heterocycles. The average Bonchev–Trinajstić information content (AvgIpc) is 3.09. The lowest BCUT2D eigenvalue weighted by Gasteiger charge is -2.45. The molecule has 106 valence electrons. The van der Waals surface area contributed by atoms with Gasteiger partial charge < -0.3 is 9.88 Å². The summed E-state index contributed by atoms with van der Waals surface area (Å²) in [6, 6.07) is 0.744. The molecule has 1 atom stereocenters. The van der Waals surface area contributed by atoms with E-state index in [4.69, 9.17) is 0 Å². The highest BCUT2D eigenvalue weighted by molar-refractivity contribution is 5.00. The highest BCUT2D eigenvalue weighted by Gasteiger charge is 2.40. The molecule has 1 aromatic rings. The van der Waals surface area contributed by atoms with Crippen LogP contribution in [0.5, 0.6) is 0 Å². The van der Waals surface area contributed by atoms with Gasteiger partial charge in [0.1, 0.15) is 5.82 Å². The van der Waals surface area contributed by atoms with E-state index < -0.39 is 0 Å².